The zero-order valence-electron chi connectivity index (χ0n) is 8.62. The third-order valence-corrected chi connectivity index (χ3v) is 5.57. The summed E-state index contributed by atoms with van der Waals surface area (Å²) in [5, 5.41) is 2.18. The molecule has 82 valence electrons. The molecule has 15 heavy (non-hydrogen) atoms. The Kier molecular flexibility index (Phi) is 2.81. The van der Waals surface area contributed by atoms with Crippen LogP contribution in [0.4, 0.5) is 0 Å². The van der Waals surface area contributed by atoms with E-state index in [9.17, 15) is 0 Å². The van der Waals surface area contributed by atoms with Gasteiger partial charge in [-0.15, -0.1) is 11.3 Å². The Labute approximate surface area is 108 Å². The SMILES string of the molecule is ICC1CCC(c2cccs2)(C2CC2)O1. The van der Waals surface area contributed by atoms with Gasteiger partial charge in [0.2, 0.25) is 0 Å². The van der Waals surface area contributed by atoms with Crippen molar-refractivity contribution in [3.63, 3.8) is 0 Å². The minimum atomic E-state index is 0.115. The average molecular weight is 334 g/mol. The highest BCUT2D eigenvalue weighted by atomic mass is 127. The molecule has 0 radical (unpaired) electrons. The van der Waals surface area contributed by atoms with Crippen LogP contribution in [0, 0.1) is 5.92 Å². The third-order valence-electron chi connectivity index (χ3n) is 3.56. The molecule has 3 heteroatoms. The van der Waals surface area contributed by atoms with Gasteiger partial charge in [-0.2, -0.15) is 0 Å². The van der Waals surface area contributed by atoms with Crippen molar-refractivity contribution < 1.29 is 4.74 Å². The van der Waals surface area contributed by atoms with Gasteiger partial charge in [-0.1, -0.05) is 28.7 Å². The van der Waals surface area contributed by atoms with E-state index >= 15 is 0 Å². The lowest BCUT2D eigenvalue weighted by Gasteiger charge is -2.28. The molecule has 0 N–H and O–H groups in total. The van der Waals surface area contributed by atoms with Crippen LogP contribution in [-0.4, -0.2) is 10.5 Å². The maximum absolute atomic E-state index is 6.37. The standard InChI is InChI=1S/C12H15IOS/c13-8-10-5-6-12(14-10,9-3-4-9)11-2-1-7-15-11/h1-2,7,9-10H,3-6,8H2. The van der Waals surface area contributed by atoms with Gasteiger partial charge in [-0.3, -0.25) is 0 Å². The van der Waals surface area contributed by atoms with E-state index in [1.165, 1.54) is 30.6 Å². The maximum atomic E-state index is 6.37. The number of thiophene rings is 1. The summed E-state index contributed by atoms with van der Waals surface area (Å²) in [7, 11) is 0. The molecule has 1 nitrogen and oxygen atoms in total. The van der Waals surface area contributed by atoms with Crippen molar-refractivity contribution in [2.75, 3.05) is 4.43 Å². The highest BCUT2D eigenvalue weighted by Crippen LogP contribution is 2.55. The van der Waals surface area contributed by atoms with Crippen molar-refractivity contribution in [1.29, 1.82) is 0 Å². The first-order valence-electron chi connectivity index (χ1n) is 5.63. The van der Waals surface area contributed by atoms with Crippen LogP contribution in [0.5, 0.6) is 0 Å². The molecule has 1 aromatic rings. The molecule has 1 aliphatic carbocycles. The molecule has 0 aromatic carbocycles. The summed E-state index contributed by atoms with van der Waals surface area (Å²) in [5.74, 6) is 0.809. The van der Waals surface area contributed by atoms with Gasteiger partial charge in [-0.25, -0.2) is 0 Å². The van der Waals surface area contributed by atoms with Crippen LogP contribution in [0.2, 0.25) is 0 Å². The maximum Gasteiger partial charge on any atom is 0.105 e. The Morgan fingerprint density at radius 2 is 2.33 bits per heavy atom. The lowest BCUT2D eigenvalue weighted by Crippen LogP contribution is -2.28. The Balaban J connectivity index is 1.90. The second-order valence-electron chi connectivity index (χ2n) is 4.57. The van der Waals surface area contributed by atoms with Crippen LogP contribution < -0.4 is 0 Å². The van der Waals surface area contributed by atoms with Gasteiger partial charge >= 0.3 is 0 Å². The normalized spacial score (nSPS) is 35.9. The van der Waals surface area contributed by atoms with Crippen LogP contribution in [0.1, 0.15) is 30.6 Å². The minimum Gasteiger partial charge on any atom is -0.365 e. The molecule has 0 bridgehead atoms. The number of hydrogen-bond acceptors (Lipinski definition) is 2. The monoisotopic (exact) mass is 334 g/mol. The fourth-order valence-electron chi connectivity index (χ4n) is 2.65. The molecule has 2 heterocycles. The fraction of sp³-hybridized carbons (Fsp3) is 0.667. The summed E-state index contributed by atoms with van der Waals surface area (Å²) < 4.78 is 7.51. The molecule has 2 fully saturated rings. The minimum absolute atomic E-state index is 0.115. The zero-order valence-corrected chi connectivity index (χ0v) is 11.6. The van der Waals surface area contributed by atoms with Crippen molar-refractivity contribution in [2.45, 2.75) is 37.4 Å². The van der Waals surface area contributed by atoms with Crippen molar-refractivity contribution in [3.8, 4) is 0 Å². The number of rotatable bonds is 3. The van der Waals surface area contributed by atoms with Gasteiger partial charge in [-0.05, 0) is 43.0 Å². The summed E-state index contributed by atoms with van der Waals surface area (Å²) in [5.41, 5.74) is 0.115. The van der Waals surface area contributed by atoms with Crippen LogP contribution in [-0.2, 0) is 10.3 Å². The summed E-state index contributed by atoms with van der Waals surface area (Å²) in [6, 6.07) is 4.42. The van der Waals surface area contributed by atoms with Crippen molar-refractivity contribution in [3.05, 3.63) is 22.4 Å². The number of alkyl halides is 1. The van der Waals surface area contributed by atoms with E-state index in [0.29, 0.717) is 6.10 Å². The van der Waals surface area contributed by atoms with E-state index < -0.39 is 0 Å². The van der Waals surface area contributed by atoms with Gasteiger partial charge in [0.15, 0.2) is 0 Å². The molecule has 1 saturated carbocycles. The van der Waals surface area contributed by atoms with Gasteiger partial charge < -0.3 is 4.74 Å². The Hall–Kier alpha value is 0.390. The summed E-state index contributed by atoms with van der Waals surface area (Å²) in [6.45, 7) is 0. The largest absolute Gasteiger partial charge is 0.365 e. The van der Waals surface area contributed by atoms with E-state index in [4.69, 9.17) is 4.74 Å². The highest BCUT2D eigenvalue weighted by molar-refractivity contribution is 14.1. The van der Waals surface area contributed by atoms with E-state index in [-0.39, 0.29) is 5.60 Å². The molecule has 3 rings (SSSR count). The molecule has 2 unspecified atom stereocenters. The molecule has 1 saturated heterocycles. The van der Waals surface area contributed by atoms with Crippen LogP contribution in [0.15, 0.2) is 17.5 Å². The lowest BCUT2D eigenvalue weighted by atomic mass is 9.92. The molecule has 2 atom stereocenters. The number of ether oxygens (including phenoxy) is 1. The van der Waals surface area contributed by atoms with Crippen molar-refractivity contribution in [2.24, 2.45) is 5.92 Å². The highest BCUT2D eigenvalue weighted by Gasteiger charge is 2.52. The smallest absolute Gasteiger partial charge is 0.105 e. The van der Waals surface area contributed by atoms with Crippen LogP contribution in [0.3, 0.4) is 0 Å². The molecule has 0 amide bonds. The van der Waals surface area contributed by atoms with Gasteiger partial charge in [0, 0.05) is 9.30 Å². The quantitative estimate of drug-likeness (QED) is 0.600. The van der Waals surface area contributed by atoms with E-state index in [0.717, 1.165) is 10.3 Å². The molecule has 1 aliphatic heterocycles. The number of halogens is 1. The second-order valence-corrected chi connectivity index (χ2v) is 6.40. The average Bonchev–Trinajstić information content (AvgIpc) is 2.85. The lowest BCUT2D eigenvalue weighted by molar-refractivity contribution is -0.0497. The predicted molar refractivity (Wildman–Crippen MR) is 71.7 cm³/mol. The van der Waals surface area contributed by atoms with Gasteiger partial charge in [0.1, 0.15) is 5.60 Å². The van der Waals surface area contributed by atoms with Gasteiger partial charge in [0.05, 0.1) is 6.10 Å². The molecule has 1 aromatic heterocycles. The predicted octanol–water partition coefficient (Wildman–Crippen LogP) is 3.97. The zero-order chi connectivity index (χ0) is 10.3. The first-order valence-corrected chi connectivity index (χ1v) is 8.03. The number of hydrogen-bond donors (Lipinski definition) is 0. The topological polar surface area (TPSA) is 9.23 Å². The second kappa shape index (κ2) is 4.00. The first kappa shape index (κ1) is 10.5. The fourth-order valence-corrected chi connectivity index (χ4v) is 4.25. The summed E-state index contributed by atoms with van der Waals surface area (Å²) >= 11 is 4.32. The molecular formula is C12H15IOS. The van der Waals surface area contributed by atoms with Crippen LogP contribution >= 0.6 is 33.9 Å². The van der Waals surface area contributed by atoms with Crippen molar-refractivity contribution in [1.82, 2.24) is 0 Å². The van der Waals surface area contributed by atoms with Crippen LogP contribution in [0.25, 0.3) is 0 Å². The molecule has 0 spiro atoms. The van der Waals surface area contributed by atoms with E-state index in [2.05, 4.69) is 40.1 Å². The van der Waals surface area contributed by atoms with Gasteiger partial charge in [0.25, 0.3) is 0 Å². The van der Waals surface area contributed by atoms with Crippen molar-refractivity contribution >= 4 is 33.9 Å². The third kappa shape index (κ3) is 1.76. The molecule has 2 aliphatic rings. The molecular weight excluding hydrogens is 319 g/mol. The van der Waals surface area contributed by atoms with E-state index in [1.54, 1.807) is 0 Å². The Morgan fingerprint density at radius 1 is 1.47 bits per heavy atom. The summed E-state index contributed by atoms with van der Waals surface area (Å²) in [6.07, 6.45) is 5.72. The first-order chi connectivity index (χ1) is 7.35. The Morgan fingerprint density at radius 3 is 2.87 bits per heavy atom. The van der Waals surface area contributed by atoms with E-state index in [1.807, 2.05) is 11.3 Å². The Bertz CT molecular complexity index is 333. The summed E-state index contributed by atoms with van der Waals surface area (Å²) in [4.78, 5) is 1.47.